The number of carbonyl (C=O) groups excluding carboxylic acids is 1. The highest BCUT2D eigenvalue weighted by Crippen LogP contribution is 2.06. The first-order valence-corrected chi connectivity index (χ1v) is 4.62. The van der Waals surface area contributed by atoms with Gasteiger partial charge in [-0.3, -0.25) is 0 Å². The predicted octanol–water partition coefficient (Wildman–Crippen LogP) is 1.88. The number of hydroxylamine groups is 2. The van der Waals surface area contributed by atoms with Crippen molar-refractivity contribution < 1.29 is 9.63 Å². The molecule has 3 nitrogen and oxygen atoms in total. The van der Waals surface area contributed by atoms with E-state index in [0.717, 1.165) is 6.42 Å². The van der Waals surface area contributed by atoms with Crippen LogP contribution in [0.1, 0.15) is 22.8 Å². The van der Waals surface area contributed by atoms with Crippen molar-refractivity contribution in [1.82, 2.24) is 5.06 Å². The molecule has 14 heavy (non-hydrogen) atoms. The van der Waals surface area contributed by atoms with Crippen LogP contribution in [0.2, 0.25) is 0 Å². The Hall–Kier alpha value is -1.35. The lowest BCUT2D eigenvalue weighted by molar-refractivity contribution is -0.0713. The molecule has 0 aromatic heterocycles. The molecular weight excluding hydrogens is 178 g/mol. The van der Waals surface area contributed by atoms with Gasteiger partial charge in [-0.1, -0.05) is 19.1 Å². The first kappa shape index (κ1) is 10.7. The maximum Gasteiger partial charge on any atom is 0.356 e. The van der Waals surface area contributed by atoms with Gasteiger partial charge in [-0.05, 0) is 24.1 Å². The summed E-state index contributed by atoms with van der Waals surface area (Å²) in [5.41, 5.74) is 1.79. The van der Waals surface area contributed by atoms with Crippen molar-refractivity contribution in [2.45, 2.75) is 13.3 Å². The molecule has 0 saturated carbocycles. The van der Waals surface area contributed by atoms with E-state index in [0.29, 0.717) is 5.56 Å². The summed E-state index contributed by atoms with van der Waals surface area (Å²) >= 11 is 0. The summed E-state index contributed by atoms with van der Waals surface area (Å²) < 4.78 is 0. The summed E-state index contributed by atoms with van der Waals surface area (Å²) in [4.78, 5) is 16.3. The maximum absolute atomic E-state index is 11.4. The van der Waals surface area contributed by atoms with Gasteiger partial charge in [-0.25, -0.2) is 4.79 Å². The highest BCUT2D eigenvalue weighted by atomic mass is 16.7. The Kier molecular flexibility index (Phi) is 3.65. The molecule has 1 aromatic carbocycles. The van der Waals surface area contributed by atoms with Gasteiger partial charge in [0, 0.05) is 14.1 Å². The van der Waals surface area contributed by atoms with Crippen LogP contribution in [0.25, 0.3) is 0 Å². The molecule has 0 radical (unpaired) electrons. The van der Waals surface area contributed by atoms with Gasteiger partial charge in [-0.15, -0.1) is 5.06 Å². The Morgan fingerprint density at radius 3 is 2.29 bits per heavy atom. The van der Waals surface area contributed by atoms with Crippen LogP contribution < -0.4 is 0 Å². The highest BCUT2D eigenvalue weighted by Gasteiger charge is 2.07. The zero-order valence-electron chi connectivity index (χ0n) is 8.78. The smallest absolute Gasteiger partial charge is 0.356 e. The van der Waals surface area contributed by atoms with Crippen LogP contribution in [0.15, 0.2) is 24.3 Å². The molecule has 0 N–H and O–H groups in total. The second kappa shape index (κ2) is 4.77. The molecule has 0 bridgehead atoms. The summed E-state index contributed by atoms with van der Waals surface area (Å²) in [6.07, 6.45) is 0.975. The molecule has 0 fully saturated rings. The molecule has 0 saturated heterocycles. The first-order valence-electron chi connectivity index (χ1n) is 4.62. The van der Waals surface area contributed by atoms with E-state index in [2.05, 4.69) is 6.92 Å². The Bertz CT molecular complexity index is 304. The summed E-state index contributed by atoms with van der Waals surface area (Å²) in [5.74, 6) is -0.322. The van der Waals surface area contributed by atoms with E-state index in [9.17, 15) is 4.79 Å². The Labute approximate surface area is 84.2 Å². The molecule has 0 heterocycles. The minimum absolute atomic E-state index is 0.322. The van der Waals surface area contributed by atoms with E-state index in [1.807, 2.05) is 12.1 Å². The van der Waals surface area contributed by atoms with Crippen LogP contribution in [0.4, 0.5) is 0 Å². The monoisotopic (exact) mass is 193 g/mol. The van der Waals surface area contributed by atoms with Crippen LogP contribution in [0, 0.1) is 0 Å². The fraction of sp³-hybridized carbons (Fsp3) is 0.364. The molecule has 0 spiro atoms. The Morgan fingerprint density at radius 1 is 1.29 bits per heavy atom. The molecule has 0 amide bonds. The summed E-state index contributed by atoms with van der Waals surface area (Å²) in [6.45, 7) is 2.08. The van der Waals surface area contributed by atoms with Crippen LogP contribution in [0.3, 0.4) is 0 Å². The van der Waals surface area contributed by atoms with Crippen LogP contribution in [-0.2, 0) is 11.3 Å². The van der Waals surface area contributed by atoms with E-state index in [-0.39, 0.29) is 5.97 Å². The lowest BCUT2D eigenvalue weighted by atomic mass is 10.1. The molecule has 0 unspecified atom stereocenters. The van der Waals surface area contributed by atoms with E-state index in [1.165, 1.54) is 10.6 Å². The average molecular weight is 193 g/mol. The normalized spacial score (nSPS) is 10.3. The largest absolute Gasteiger partial charge is 0.364 e. The van der Waals surface area contributed by atoms with E-state index in [4.69, 9.17) is 4.84 Å². The lowest BCUT2D eigenvalue weighted by Gasteiger charge is -2.09. The maximum atomic E-state index is 11.4. The quantitative estimate of drug-likeness (QED) is 0.686. The molecule has 0 aliphatic heterocycles. The second-order valence-corrected chi connectivity index (χ2v) is 3.24. The van der Waals surface area contributed by atoms with Crippen molar-refractivity contribution in [2.24, 2.45) is 0 Å². The van der Waals surface area contributed by atoms with Gasteiger partial charge in [0.05, 0.1) is 5.56 Å². The molecule has 0 atom stereocenters. The van der Waals surface area contributed by atoms with Crippen LogP contribution >= 0.6 is 0 Å². The fourth-order valence-corrected chi connectivity index (χ4v) is 1.10. The van der Waals surface area contributed by atoms with Crippen LogP contribution in [-0.4, -0.2) is 25.1 Å². The van der Waals surface area contributed by atoms with Gasteiger partial charge in [0.15, 0.2) is 0 Å². The zero-order chi connectivity index (χ0) is 10.6. The summed E-state index contributed by atoms with van der Waals surface area (Å²) in [7, 11) is 3.36. The minimum Gasteiger partial charge on any atom is -0.364 e. The Balaban J connectivity index is 2.71. The highest BCUT2D eigenvalue weighted by molar-refractivity contribution is 5.89. The molecule has 0 aliphatic rings. The van der Waals surface area contributed by atoms with Crippen molar-refractivity contribution in [3.8, 4) is 0 Å². The van der Waals surface area contributed by atoms with E-state index in [1.54, 1.807) is 26.2 Å². The SMILES string of the molecule is CCc1ccc(C(=O)ON(C)C)cc1. The molecule has 3 heteroatoms. The first-order chi connectivity index (χ1) is 6.63. The third kappa shape index (κ3) is 2.85. The number of hydrogen-bond acceptors (Lipinski definition) is 3. The van der Waals surface area contributed by atoms with Crippen molar-refractivity contribution in [3.05, 3.63) is 35.4 Å². The number of carbonyl (C=O) groups is 1. The van der Waals surface area contributed by atoms with Gasteiger partial charge in [0.25, 0.3) is 0 Å². The van der Waals surface area contributed by atoms with E-state index >= 15 is 0 Å². The number of hydrogen-bond donors (Lipinski definition) is 0. The number of aryl methyl sites for hydroxylation is 1. The zero-order valence-corrected chi connectivity index (χ0v) is 8.78. The minimum atomic E-state index is -0.322. The molecule has 76 valence electrons. The average Bonchev–Trinajstić information content (AvgIpc) is 2.17. The fourth-order valence-electron chi connectivity index (χ4n) is 1.10. The predicted molar refractivity (Wildman–Crippen MR) is 54.9 cm³/mol. The number of rotatable bonds is 3. The van der Waals surface area contributed by atoms with Gasteiger partial charge < -0.3 is 4.84 Å². The Morgan fingerprint density at radius 2 is 1.86 bits per heavy atom. The summed E-state index contributed by atoms with van der Waals surface area (Å²) in [6, 6.07) is 7.44. The lowest BCUT2D eigenvalue weighted by Crippen LogP contribution is -2.18. The van der Waals surface area contributed by atoms with Crippen molar-refractivity contribution in [3.63, 3.8) is 0 Å². The standard InChI is InChI=1S/C11H15NO2/c1-4-9-5-7-10(8-6-9)11(13)14-12(2)3/h5-8H,4H2,1-3H3. The molecule has 0 aliphatic carbocycles. The van der Waals surface area contributed by atoms with Gasteiger partial charge in [0.1, 0.15) is 0 Å². The third-order valence-corrected chi connectivity index (χ3v) is 1.86. The molecule has 1 aromatic rings. The van der Waals surface area contributed by atoms with Gasteiger partial charge in [-0.2, -0.15) is 0 Å². The number of nitrogens with zero attached hydrogens (tertiary/aromatic N) is 1. The third-order valence-electron chi connectivity index (χ3n) is 1.86. The topological polar surface area (TPSA) is 29.5 Å². The number of benzene rings is 1. The van der Waals surface area contributed by atoms with Crippen LogP contribution in [0.5, 0.6) is 0 Å². The summed E-state index contributed by atoms with van der Waals surface area (Å²) in [5, 5.41) is 1.38. The van der Waals surface area contributed by atoms with Crippen molar-refractivity contribution in [2.75, 3.05) is 14.1 Å². The second-order valence-electron chi connectivity index (χ2n) is 3.24. The van der Waals surface area contributed by atoms with Crippen molar-refractivity contribution in [1.29, 1.82) is 0 Å². The van der Waals surface area contributed by atoms with Gasteiger partial charge >= 0.3 is 5.97 Å². The van der Waals surface area contributed by atoms with E-state index < -0.39 is 0 Å². The van der Waals surface area contributed by atoms with Gasteiger partial charge in [0.2, 0.25) is 0 Å². The van der Waals surface area contributed by atoms with Crippen molar-refractivity contribution >= 4 is 5.97 Å². The molecule has 1 rings (SSSR count). The molecular formula is C11H15NO2.